The van der Waals surface area contributed by atoms with Crippen LogP contribution in [-0.2, 0) is 9.47 Å². The van der Waals surface area contributed by atoms with Crippen molar-refractivity contribution in [3.05, 3.63) is 0 Å². The van der Waals surface area contributed by atoms with Gasteiger partial charge in [0.25, 0.3) is 0 Å². The maximum Gasteiger partial charge on any atom is 0.112 e. The highest BCUT2D eigenvalue weighted by molar-refractivity contribution is 6.62. The fraction of sp³-hybridized carbons (Fsp3) is 1.00. The normalized spacial score (nSPS) is 18.6. The fourth-order valence-electron chi connectivity index (χ4n) is 2.05. The van der Waals surface area contributed by atoms with Crippen LogP contribution in [0.4, 0.5) is 0 Å². The van der Waals surface area contributed by atoms with E-state index in [1.54, 1.807) is 7.11 Å². The van der Waals surface area contributed by atoms with Crippen LogP contribution >= 0.6 is 0 Å². The van der Waals surface area contributed by atoms with E-state index in [2.05, 4.69) is 44.6 Å². The summed E-state index contributed by atoms with van der Waals surface area (Å²) in [6, 6.07) is 0. The minimum Gasteiger partial charge on any atom is -0.368 e. The van der Waals surface area contributed by atoms with Crippen LogP contribution in [0.2, 0.25) is 26.2 Å². The third-order valence-corrected chi connectivity index (χ3v) is 8.31. The molecule has 0 aliphatic rings. The number of rotatable bonds is 6. The average Bonchev–Trinajstić information content (AvgIpc) is 2.16. The molecule has 0 N–H and O–H groups in total. The van der Waals surface area contributed by atoms with Crippen molar-refractivity contribution in [3.63, 3.8) is 0 Å². The predicted molar refractivity (Wildman–Crippen MR) is 71.5 cm³/mol. The highest BCUT2D eigenvalue weighted by Gasteiger charge is 2.40. The van der Waals surface area contributed by atoms with Crippen LogP contribution in [0.3, 0.4) is 0 Å². The minimum absolute atomic E-state index is 0.0875. The van der Waals surface area contributed by atoms with Crippen LogP contribution < -0.4 is 0 Å². The Hall–Kier alpha value is 0.314. The van der Waals surface area contributed by atoms with Gasteiger partial charge in [-0.3, -0.25) is 4.57 Å². The molecule has 0 aliphatic heterocycles. The molecule has 0 aromatic rings. The van der Waals surface area contributed by atoms with Gasteiger partial charge in [0.15, 0.2) is 0 Å². The zero-order valence-electron chi connectivity index (χ0n) is 11.5. The average molecular weight is 250 g/mol. The van der Waals surface area contributed by atoms with Crippen molar-refractivity contribution < 1.29 is 9.47 Å². The van der Waals surface area contributed by atoms with E-state index in [1.807, 2.05) is 7.11 Å². The molecular formula is C10H27NO2Si2. The van der Waals surface area contributed by atoms with Crippen LogP contribution in [0.1, 0.15) is 13.8 Å². The lowest BCUT2D eigenvalue weighted by Crippen LogP contribution is -2.63. The van der Waals surface area contributed by atoms with Gasteiger partial charge in [-0.25, -0.2) is 0 Å². The van der Waals surface area contributed by atoms with E-state index in [1.165, 1.54) is 0 Å². The van der Waals surface area contributed by atoms with Gasteiger partial charge in [0.1, 0.15) is 15.2 Å². The first-order valence-electron chi connectivity index (χ1n) is 5.67. The van der Waals surface area contributed by atoms with Crippen molar-refractivity contribution in [2.45, 2.75) is 51.6 Å². The number of hydrogen-bond donors (Lipinski definition) is 0. The summed E-state index contributed by atoms with van der Waals surface area (Å²) in [6.45, 7) is 13.6. The third kappa shape index (κ3) is 3.39. The summed E-state index contributed by atoms with van der Waals surface area (Å²) in [7, 11) is 1.72. The fourth-order valence-corrected chi connectivity index (χ4v) is 7.21. The second-order valence-electron chi connectivity index (χ2n) is 4.75. The van der Waals surface area contributed by atoms with Gasteiger partial charge in [0, 0.05) is 14.2 Å². The van der Waals surface area contributed by atoms with Gasteiger partial charge in [-0.2, -0.15) is 0 Å². The van der Waals surface area contributed by atoms with Crippen LogP contribution in [-0.4, -0.2) is 48.1 Å². The molecule has 92 valence electrons. The Morgan fingerprint density at radius 3 is 1.80 bits per heavy atom. The summed E-state index contributed by atoms with van der Waals surface area (Å²) in [5, 5.41) is -0.0875. The lowest BCUT2D eigenvalue weighted by molar-refractivity contribution is -0.0997. The molecule has 0 saturated carbocycles. The van der Waals surface area contributed by atoms with Crippen molar-refractivity contribution in [1.82, 2.24) is 4.57 Å². The number of ether oxygens (including phenoxy) is 2. The van der Waals surface area contributed by atoms with E-state index < -0.39 is 17.8 Å². The molecule has 0 radical (unpaired) electrons. The maximum absolute atomic E-state index is 5.79. The Balaban J connectivity index is 5.02. The molecular weight excluding hydrogens is 222 g/mol. The summed E-state index contributed by atoms with van der Waals surface area (Å²) in [4.78, 5) is 0. The Kier molecular flexibility index (Phi) is 6.28. The number of nitrogens with zero attached hydrogens (tertiary/aromatic N) is 1. The van der Waals surface area contributed by atoms with E-state index in [9.17, 15) is 0 Å². The second kappa shape index (κ2) is 6.15. The van der Waals surface area contributed by atoms with Crippen LogP contribution in [0.15, 0.2) is 0 Å². The monoisotopic (exact) mass is 249 g/mol. The minimum atomic E-state index is -0.942. The van der Waals surface area contributed by atoms with Crippen molar-refractivity contribution in [3.8, 4) is 0 Å². The van der Waals surface area contributed by atoms with E-state index in [4.69, 9.17) is 9.47 Å². The molecule has 0 aromatic heterocycles. The summed E-state index contributed by atoms with van der Waals surface area (Å²) in [6.07, 6.45) is 0.150. The summed E-state index contributed by atoms with van der Waals surface area (Å²) >= 11 is 0. The van der Waals surface area contributed by atoms with Crippen molar-refractivity contribution in [2.24, 2.45) is 0 Å². The molecule has 0 spiro atoms. The van der Waals surface area contributed by atoms with Crippen LogP contribution in [0.25, 0.3) is 0 Å². The molecule has 3 nitrogen and oxygen atoms in total. The lowest BCUT2D eigenvalue weighted by atomic mass is 10.5. The first kappa shape index (κ1) is 15.3. The summed E-state index contributed by atoms with van der Waals surface area (Å²) in [5.41, 5.74) is 0. The second-order valence-corrected chi connectivity index (χ2v) is 10.9. The number of hydrogen-bond acceptors (Lipinski definition) is 3. The highest BCUT2D eigenvalue weighted by atomic mass is 28.3. The van der Waals surface area contributed by atoms with Crippen LogP contribution in [0.5, 0.6) is 0 Å². The third-order valence-electron chi connectivity index (χ3n) is 3.29. The topological polar surface area (TPSA) is 21.7 Å². The molecule has 0 fully saturated rings. The maximum atomic E-state index is 5.79. The van der Waals surface area contributed by atoms with Crippen molar-refractivity contribution in [2.75, 3.05) is 14.2 Å². The Labute approximate surface area is 98.0 Å². The Bertz CT molecular complexity index is 190. The van der Waals surface area contributed by atoms with Gasteiger partial charge < -0.3 is 9.47 Å². The van der Waals surface area contributed by atoms with Gasteiger partial charge in [-0.05, 0) is 13.8 Å². The molecule has 0 amide bonds. The Morgan fingerprint density at radius 2 is 1.60 bits per heavy atom. The van der Waals surface area contributed by atoms with E-state index in [0.717, 1.165) is 0 Å². The summed E-state index contributed by atoms with van der Waals surface area (Å²) < 4.78 is 13.7. The Morgan fingerprint density at radius 1 is 1.13 bits per heavy atom. The SMILES string of the molecule is COC(C)N([SiH](C)C)C(C)(OC)[SiH](C)C. The van der Waals surface area contributed by atoms with Gasteiger partial charge in [0.2, 0.25) is 0 Å². The molecule has 5 heteroatoms. The van der Waals surface area contributed by atoms with Gasteiger partial charge in [-0.1, -0.05) is 26.2 Å². The summed E-state index contributed by atoms with van der Waals surface area (Å²) in [5.74, 6) is 0. The van der Waals surface area contributed by atoms with Gasteiger partial charge in [-0.15, -0.1) is 0 Å². The molecule has 0 rings (SSSR count). The standard InChI is InChI=1S/C10H27NO2Si2/c1-9(12-3)11(15(7)8)10(2,13-4)14(5)6/h9,14-15H,1-8H3. The molecule has 2 atom stereocenters. The van der Waals surface area contributed by atoms with Gasteiger partial charge in [0.05, 0.1) is 14.1 Å². The van der Waals surface area contributed by atoms with E-state index in [0.29, 0.717) is 0 Å². The quantitative estimate of drug-likeness (QED) is 0.528. The smallest absolute Gasteiger partial charge is 0.112 e. The lowest BCUT2D eigenvalue weighted by Gasteiger charge is -2.47. The molecule has 0 aliphatic carbocycles. The van der Waals surface area contributed by atoms with Crippen molar-refractivity contribution in [1.29, 1.82) is 0 Å². The number of methoxy groups -OCH3 is 2. The zero-order chi connectivity index (χ0) is 12.2. The molecule has 15 heavy (non-hydrogen) atoms. The van der Waals surface area contributed by atoms with Crippen LogP contribution in [0, 0.1) is 0 Å². The van der Waals surface area contributed by atoms with E-state index >= 15 is 0 Å². The molecule has 2 unspecified atom stereocenters. The first-order valence-corrected chi connectivity index (χ1v) is 11.4. The highest BCUT2D eigenvalue weighted by Crippen LogP contribution is 2.24. The molecule has 0 saturated heterocycles. The van der Waals surface area contributed by atoms with Crippen molar-refractivity contribution >= 4 is 17.8 Å². The van der Waals surface area contributed by atoms with E-state index in [-0.39, 0.29) is 11.6 Å². The predicted octanol–water partition coefficient (Wildman–Crippen LogP) is 1.65. The molecule has 0 bridgehead atoms. The first-order chi connectivity index (χ1) is 6.81. The largest absolute Gasteiger partial charge is 0.368 e. The van der Waals surface area contributed by atoms with Gasteiger partial charge >= 0.3 is 0 Å². The molecule has 0 heterocycles. The molecule has 0 aromatic carbocycles. The zero-order valence-corrected chi connectivity index (χ0v) is 13.8.